The molecule has 1 aromatic rings. The Bertz CT molecular complexity index is 383. The second-order valence-corrected chi connectivity index (χ2v) is 5.88. The minimum atomic E-state index is -0.152. The van der Waals surface area contributed by atoms with Crippen molar-refractivity contribution in [3.8, 4) is 0 Å². The van der Waals surface area contributed by atoms with E-state index in [1.165, 1.54) is 16.7 Å². The van der Waals surface area contributed by atoms with Gasteiger partial charge in [-0.1, -0.05) is 45.9 Å². The number of nitrogens with one attached hydrogen (secondary N) is 1. The molecule has 2 nitrogen and oxygen atoms in total. The van der Waals surface area contributed by atoms with Crippen LogP contribution in [0.25, 0.3) is 0 Å². The zero-order chi connectivity index (χ0) is 12.6. The van der Waals surface area contributed by atoms with Crippen molar-refractivity contribution in [3.63, 3.8) is 0 Å². The van der Waals surface area contributed by atoms with E-state index >= 15 is 0 Å². The predicted octanol–water partition coefficient (Wildman–Crippen LogP) is 3.11. The molecule has 0 unspecified atom stereocenters. The Morgan fingerprint density at radius 3 is 1.78 bits per heavy atom. The minimum absolute atomic E-state index is 0. The largest absolute Gasteiger partial charge is 0.319 e. The van der Waals surface area contributed by atoms with Crippen molar-refractivity contribution < 1.29 is 0 Å². The van der Waals surface area contributed by atoms with Crippen LogP contribution in [-0.2, 0) is 5.54 Å². The van der Waals surface area contributed by atoms with E-state index in [1.54, 1.807) is 0 Å². The molecule has 102 valence electrons. The summed E-state index contributed by atoms with van der Waals surface area (Å²) in [6, 6.07) is 6.64. The van der Waals surface area contributed by atoms with Gasteiger partial charge in [-0.2, -0.15) is 0 Å². The summed E-state index contributed by atoms with van der Waals surface area (Å²) in [5.41, 5.74) is 10.6. The lowest BCUT2D eigenvalue weighted by atomic mass is 9.75. The highest BCUT2D eigenvalue weighted by atomic mass is 35.5. The first-order valence-corrected chi connectivity index (χ1v) is 6.58. The fourth-order valence-electron chi connectivity index (χ4n) is 2.70. The zero-order valence-electron chi connectivity index (χ0n) is 11.8. The molecule has 0 radical (unpaired) electrons. The lowest BCUT2D eigenvalue weighted by Crippen LogP contribution is -2.63. The van der Waals surface area contributed by atoms with Crippen LogP contribution in [0.3, 0.4) is 0 Å². The highest BCUT2D eigenvalue weighted by Gasteiger charge is 2.38. The molecule has 2 rings (SSSR count). The molecule has 1 heterocycles. The van der Waals surface area contributed by atoms with Crippen LogP contribution >= 0.6 is 12.4 Å². The number of hydrogen-bond acceptors (Lipinski definition) is 2. The topological polar surface area (TPSA) is 38.0 Å². The summed E-state index contributed by atoms with van der Waals surface area (Å²) in [7, 11) is 0. The summed E-state index contributed by atoms with van der Waals surface area (Å²) < 4.78 is 0. The molecule has 18 heavy (non-hydrogen) atoms. The number of nitrogens with two attached hydrogens (primary N) is 1. The van der Waals surface area contributed by atoms with E-state index in [0.717, 1.165) is 13.1 Å². The van der Waals surface area contributed by atoms with E-state index in [2.05, 4.69) is 51.2 Å². The molecule has 3 heteroatoms. The standard InChI is InChI=1S/C15H24N2.ClH/c1-10(2)12-6-5-7-13(11(3)4)14(12)15(16)8-17-9-15;/h5-7,10-11,17H,8-9,16H2,1-4H3;1H. The van der Waals surface area contributed by atoms with Gasteiger partial charge in [0.15, 0.2) is 0 Å². The highest BCUT2D eigenvalue weighted by Crippen LogP contribution is 2.36. The minimum Gasteiger partial charge on any atom is -0.319 e. The van der Waals surface area contributed by atoms with Crippen molar-refractivity contribution >= 4 is 12.4 Å². The van der Waals surface area contributed by atoms with Crippen LogP contribution in [0.15, 0.2) is 18.2 Å². The zero-order valence-corrected chi connectivity index (χ0v) is 12.6. The first kappa shape index (κ1) is 15.5. The van der Waals surface area contributed by atoms with E-state index in [0.29, 0.717) is 11.8 Å². The average molecular weight is 269 g/mol. The predicted molar refractivity (Wildman–Crippen MR) is 80.6 cm³/mol. The number of benzene rings is 1. The number of rotatable bonds is 3. The Balaban J connectivity index is 0.00000162. The van der Waals surface area contributed by atoms with E-state index in [4.69, 9.17) is 5.73 Å². The third kappa shape index (κ3) is 2.56. The summed E-state index contributed by atoms with van der Waals surface area (Å²) in [6.45, 7) is 10.8. The maximum atomic E-state index is 6.54. The van der Waals surface area contributed by atoms with Gasteiger partial charge in [0.05, 0.1) is 5.54 Å². The van der Waals surface area contributed by atoms with Crippen molar-refractivity contribution in [2.45, 2.75) is 45.1 Å². The SMILES string of the molecule is CC(C)c1cccc(C(C)C)c1C1(N)CNC1.Cl. The second kappa shape index (κ2) is 5.60. The molecule has 1 aliphatic rings. The first-order chi connectivity index (χ1) is 7.96. The Kier molecular flexibility index (Phi) is 4.82. The van der Waals surface area contributed by atoms with Crippen molar-refractivity contribution in [2.24, 2.45) is 5.73 Å². The van der Waals surface area contributed by atoms with E-state index in [9.17, 15) is 0 Å². The molecule has 0 saturated carbocycles. The van der Waals surface area contributed by atoms with Crippen molar-refractivity contribution in [1.82, 2.24) is 5.32 Å². The summed E-state index contributed by atoms with van der Waals surface area (Å²) in [5, 5.41) is 3.31. The van der Waals surface area contributed by atoms with Gasteiger partial charge in [0.2, 0.25) is 0 Å². The van der Waals surface area contributed by atoms with Gasteiger partial charge in [0.25, 0.3) is 0 Å². The first-order valence-electron chi connectivity index (χ1n) is 6.58. The van der Waals surface area contributed by atoms with Crippen molar-refractivity contribution in [2.75, 3.05) is 13.1 Å². The summed E-state index contributed by atoms with van der Waals surface area (Å²) in [5.74, 6) is 1.06. The molecule has 1 fully saturated rings. The number of hydrogen-bond donors (Lipinski definition) is 2. The Hall–Kier alpha value is -0.570. The van der Waals surface area contributed by atoms with E-state index < -0.39 is 0 Å². The number of halogens is 1. The smallest absolute Gasteiger partial charge is 0.0667 e. The van der Waals surface area contributed by atoms with Gasteiger partial charge in [-0.3, -0.25) is 0 Å². The van der Waals surface area contributed by atoms with Crippen LogP contribution in [-0.4, -0.2) is 13.1 Å². The Morgan fingerprint density at radius 2 is 1.50 bits per heavy atom. The molecule has 0 spiro atoms. The Morgan fingerprint density at radius 1 is 1.06 bits per heavy atom. The lowest BCUT2D eigenvalue weighted by molar-refractivity contribution is 0.282. The van der Waals surface area contributed by atoms with E-state index in [-0.39, 0.29) is 17.9 Å². The van der Waals surface area contributed by atoms with Gasteiger partial charge < -0.3 is 11.1 Å². The molecule has 0 amide bonds. The fourth-order valence-corrected chi connectivity index (χ4v) is 2.70. The average Bonchev–Trinajstić information content (AvgIpc) is 2.24. The van der Waals surface area contributed by atoms with Gasteiger partial charge >= 0.3 is 0 Å². The lowest BCUT2D eigenvalue weighted by Gasteiger charge is -2.43. The monoisotopic (exact) mass is 268 g/mol. The van der Waals surface area contributed by atoms with Crippen molar-refractivity contribution in [3.05, 3.63) is 34.9 Å². The van der Waals surface area contributed by atoms with Gasteiger partial charge in [-0.05, 0) is 28.5 Å². The normalized spacial score (nSPS) is 17.5. The summed E-state index contributed by atoms with van der Waals surface area (Å²) in [6.07, 6.45) is 0. The molecular weight excluding hydrogens is 244 g/mol. The maximum Gasteiger partial charge on any atom is 0.0667 e. The maximum absolute atomic E-state index is 6.54. The van der Waals surface area contributed by atoms with Crippen LogP contribution in [0.4, 0.5) is 0 Å². The van der Waals surface area contributed by atoms with Crippen LogP contribution < -0.4 is 11.1 Å². The molecular formula is C15H25ClN2. The van der Waals surface area contributed by atoms with Crippen LogP contribution in [0, 0.1) is 0 Å². The third-order valence-electron chi connectivity index (χ3n) is 3.75. The summed E-state index contributed by atoms with van der Waals surface area (Å²) >= 11 is 0. The van der Waals surface area contributed by atoms with Crippen LogP contribution in [0.2, 0.25) is 0 Å². The Labute approximate surface area is 117 Å². The second-order valence-electron chi connectivity index (χ2n) is 5.88. The molecule has 1 aliphatic heterocycles. The molecule has 0 atom stereocenters. The fraction of sp³-hybridized carbons (Fsp3) is 0.600. The van der Waals surface area contributed by atoms with Gasteiger partial charge in [-0.15, -0.1) is 12.4 Å². The summed E-state index contributed by atoms with van der Waals surface area (Å²) in [4.78, 5) is 0. The molecule has 1 saturated heterocycles. The quantitative estimate of drug-likeness (QED) is 0.884. The molecule has 0 aliphatic carbocycles. The highest BCUT2D eigenvalue weighted by molar-refractivity contribution is 5.85. The van der Waals surface area contributed by atoms with Gasteiger partial charge in [0, 0.05) is 13.1 Å². The van der Waals surface area contributed by atoms with Crippen LogP contribution in [0.5, 0.6) is 0 Å². The molecule has 1 aromatic carbocycles. The molecule has 0 aromatic heterocycles. The van der Waals surface area contributed by atoms with Gasteiger partial charge in [0.1, 0.15) is 0 Å². The molecule has 3 N–H and O–H groups in total. The van der Waals surface area contributed by atoms with Crippen LogP contribution in [0.1, 0.15) is 56.2 Å². The van der Waals surface area contributed by atoms with E-state index in [1.807, 2.05) is 0 Å². The molecule has 0 bridgehead atoms. The van der Waals surface area contributed by atoms with Gasteiger partial charge in [-0.25, -0.2) is 0 Å². The third-order valence-corrected chi connectivity index (χ3v) is 3.75. The van der Waals surface area contributed by atoms with Crippen molar-refractivity contribution in [1.29, 1.82) is 0 Å².